The molecule has 1 heterocycles. The molecule has 1 aliphatic carbocycles. The lowest BCUT2D eigenvalue weighted by Crippen LogP contribution is -2.26. The van der Waals surface area contributed by atoms with Gasteiger partial charge in [0.1, 0.15) is 0 Å². The standard InChI is InChI=1S/C42H37NS/c1-30-12-9-10-19-42(30)44-31(2)20-21-32-24-27-41-39(29-32)37-17-11-18-40(37)43(41)36-25-22-33(23-26-36)28-38(34-13-5-3-6-14-34)35-15-7-4-8-16-35/h3-10,12-16,19-29,37,40H,2,11,17-18H2,1H3/b21-20+. The zero-order chi connectivity index (χ0) is 29.9. The van der Waals surface area contributed by atoms with Gasteiger partial charge in [-0.1, -0.05) is 128 Å². The quantitative estimate of drug-likeness (QED) is 0.101. The van der Waals surface area contributed by atoms with E-state index in [2.05, 4.69) is 164 Å². The minimum atomic E-state index is 0.529. The molecule has 0 spiro atoms. The summed E-state index contributed by atoms with van der Waals surface area (Å²) in [4.78, 5) is 4.92. The van der Waals surface area contributed by atoms with Gasteiger partial charge in [-0.15, -0.1) is 0 Å². The third-order valence-electron chi connectivity index (χ3n) is 8.97. The average molecular weight is 588 g/mol. The summed E-state index contributed by atoms with van der Waals surface area (Å²) in [5.74, 6) is 0.588. The zero-order valence-electron chi connectivity index (χ0n) is 25.2. The van der Waals surface area contributed by atoms with E-state index in [-0.39, 0.29) is 0 Å². The molecule has 1 saturated carbocycles. The van der Waals surface area contributed by atoms with Crippen molar-refractivity contribution in [3.63, 3.8) is 0 Å². The summed E-state index contributed by atoms with van der Waals surface area (Å²) in [5.41, 5.74) is 11.6. The predicted octanol–water partition coefficient (Wildman–Crippen LogP) is 11.7. The molecule has 1 nitrogen and oxygen atoms in total. The molecule has 1 aliphatic heterocycles. The van der Waals surface area contributed by atoms with Crippen molar-refractivity contribution in [1.82, 2.24) is 0 Å². The summed E-state index contributed by atoms with van der Waals surface area (Å²) in [5, 5.41) is 0. The van der Waals surface area contributed by atoms with Crippen molar-refractivity contribution in [2.75, 3.05) is 4.90 Å². The predicted molar refractivity (Wildman–Crippen MR) is 190 cm³/mol. The van der Waals surface area contributed by atoms with Gasteiger partial charge < -0.3 is 4.90 Å². The molecule has 0 amide bonds. The van der Waals surface area contributed by atoms with E-state index in [9.17, 15) is 0 Å². The van der Waals surface area contributed by atoms with Crippen LogP contribution < -0.4 is 4.90 Å². The number of hydrogen-bond acceptors (Lipinski definition) is 2. The second-order valence-corrected chi connectivity index (χ2v) is 13.0. The number of hydrogen-bond donors (Lipinski definition) is 0. The number of aryl methyl sites for hydroxylation is 1. The number of nitrogens with zero attached hydrogens (tertiary/aromatic N) is 1. The molecule has 0 saturated heterocycles. The highest BCUT2D eigenvalue weighted by Crippen LogP contribution is 2.52. The molecule has 2 aliphatic rings. The average Bonchev–Trinajstić information content (AvgIpc) is 3.66. The molecule has 0 N–H and O–H groups in total. The Morgan fingerprint density at radius 1 is 0.750 bits per heavy atom. The van der Waals surface area contributed by atoms with Gasteiger partial charge in [-0.3, -0.25) is 0 Å². The van der Waals surface area contributed by atoms with Crippen LogP contribution in [0.5, 0.6) is 0 Å². The Hall–Kier alpha value is -4.53. The number of anilines is 2. The van der Waals surface area contributed by atoms with E-state index in [1.807, 2.05) is 0 Å². The summed E-state index contributed by atoms with van der Waals surface area (Å²) in [7, 11) is 0. The summed E-state index contributed by atoms with van der Waals surface area (Å²) in [6.45, 7) is 6.46. The van der Waals surface area contributed by atoms with E-state index in [0.717, 1.165) is 4.91 Å². The van der Waals surface area contributed by atoms with Crippen LogP contribution in [0, 0.1) is 6.92 Å². The minimum absolute atomic E-state index is 0.529. The molecular weight excluding hydrogens is 551 g/mol. The molecule has 44 heavy (non-hydrogen) atoms. The van der Waals surface area contributed by atoms with Gasteiger partial charge >= 0.3 is 0 Å². The van der Waals surface area contributed by atoms with E-state index in [0.29, 0.717) is 12.0 Å². The number of allylic oxidation sites excluding steroid dienone is 1. The third kappa shape index (κ3) is 5.83. The first kappa shape index (κ1) is 28.3. The lowest BCUT2D eigenvalue weighted by Gasteiger charge is -2.27. The van der Waals surface area contributed by atoms with Crippen LogP contribution in [0.2, 0.25) is 0 Å². The molecule has 5 aromatic carbocycles. The fourth-order valence-electron chi connectivity index (χ4n) is 6.82. The summed E-state index contributed by atoms with van der Waals surface area (Å²) < 4.78 is 0. The lowest BCUT2D eigenvalue weighted by molar-refractivity contribution is 0.642. The van der Waals surface area contributed by atoms with Crippen LogP contribution in [0.25, 0.3) is 17.7 Å². The second-order valence-electron chi connectivity index (χ2n) is 11.8. The molecule has 2 heteroatoms. The van der Waals surface area contributed by atoms with Gasteiger partial charge in [0.2, 0.25) is 0 Å². The van der Waals surface area contributed by atoms with Crippen LogP contribution in [0.3, 0.4) is 0 Å². The van der Waals surface area contributed by atoms with E-state index in [1.165, 1.54) is 74.5 Å². The van der Waals surface area contributed by atoms with Crippen molar-refractivity contribution < 1.29 is 0 Å². The topological polar surface area (TPSA) is 3.24 Å². The normalized spacial score (nSPS) is 17.0. The van der Waals surface area contributed by atoms with Crippen LogP contribution in [-0.4, -0.2) is 6.04 Å². The van der Waals surface area contributed by atoms with Gasteiger partial charge in [-0.25, -0.2) is 0 Å². The van der Waals surface area contributed by atoms with Gasteiger partial charge in [0.15, 0.2) is 0 Å². The molecular formula is C42H37NS. The van der Waals surface area contributed by atoms with Gasteiger partial charge in [-0.2, -0.15) is 0 Å². The largest absolute Gasteiger partial charge is 0.338 e. The third-order valence-corrected chi connectivity index (χ3v) is 10.0. The summed E-state index contributed by atoms with van der Waals surface area (Å²) >= 11 is 1.74. The van der Waals surface area contributed by atoms with Crippen molar-refractivity contribution in [1.29, 1.82) is 0 Å². The molecule has 0 bridgehead atoms. The van der Waals surface area contributed by atoms with Crippen LogP contribution >= 0.6 is 11.8 Å². The minimum Gasteiger partial charge on any atom is -0.338 e. The van der Waals surface area contributed by atoms with Crippen molar-refractivity contribution >= 4 is 40.9 Å². The molecule has 216 valence electrons. The Morgan fingerprint density at radius 2 is 1.41 bits per heavy atom. The Labute approximate surface area is 266 Å². The molecule has 7 rings (SSSR count). The number of thioether (sulfide) groups is 1. The Morgan fingerprint density at radius 3 is 2.11 bits per heavy atom. The van der Waals surface area contributed by atoms with Gasteiger partial charge in [0.05, 0.1) is 0 Å². The monoisotopic (exact) mass is 587 g/mol. The molecule has 0 radical (unpaired) electrons. The van der Waals surface area contributed by atoms with Gasteiger partial charge in [0, 0.05) is 33.1 Å². The van der Waals surface area contributed by atoms with E-state index in [4.69, 9.17) is 0 Å². The van der Waals surface area contributed by atoms with Gasteiger partial charge in [-0.05, 0) is 101 Å². The number of benzene rings is 5. The maximum atomic E-state index is 4.31. The van der Waals surface area contributed by atoms with Gasteiger partial charge in [0.25, 0.3) is 0 Å². The maximum absolute atomic E-state index is 4.31. The van der Waals surface area contributed by atoms with Crippen molar-refractivity contribution in [2.24, 2.45) is 0 Å². The summed E-state index contributed by atoms with van der Waals surface area (Å²) in [6.07, 6.45) is 10.5. The highest BCUT2D eigenvalue weighted by Gasteiger charge is 2.42. The second kappa shape index (κ2) is 12.6. The van der Waals surface area contributed by atoms with E-state index >= 15 is 0 Å². The molecule has 2 atom stereocenters. The smallest absolute Gasteiger partial charge is 0.0450 e. The molecule has 0 aromatic heterocycles. The first-order chi connectivity index (χ1) is 21.6. The van der Waals surface area contributed by atoms with E-state index < -0.39 is 0 Å². The number of rotatable bonds is 8. The molecule has 1 fully saturated rings. The van der Waals surface area contributed by atoms with Crippen LogP contribution in [0.15, 0.2) is 150 Å². The fourth-order valence-corrected chi connectivity index (χ4v) is 7.61. The van der Waals surface area contributed by atoms with Crippen LogP contribution in [0.4, 0.5) is 11.4 Å². The van der Waals surface area contributed by atoms with E-state index in [1.54, 1.807) is 11.8 Å². The summed E-state index contributed by atoms with van der Waals surface area (Å²) in [6, 6.07) is 46.6. The first-order valence-electron chi connectivity index (χ1n) is 15.6. The fraction of sp³-hybridized carbons (Fsp3) is 0.143. The number of fused-ring (bicyclic) bond motifs is 3. The zero-order valence-corrected chi connectivity index (χ0v) is 26.0. The SMILES string of the molecule is C=C(/C=C/c1ccc2c(c1)C1CCCC1N2c1ccc(C=C(c2ccccc2)c2ccccc2)cc1)Sc1ccccc1C. The van der Waals surface area contributed by atoms with Crippen molar-refractivity contribution in [2.45, 2.75) is 43.0 Å². The maximum Gasteiger partial charge on any atom is 0.0450 e. The Kier molecular flexibility index (Phi) is 8.09. The molecule has 5 aromatic rings. The van der Waals surface area contributed by atoms with Crippen molar-refractivity contribution in [3.8, 4) is 0 Å². The van der Waals surface area contributed by atoms with Crippen LogP contribution in [-0.2, 0) is 0 Å². The Bertz CT molecular complexity index is 1790. The molecule has 2 unspecified atom stereocenters. The van der Waals surface area contributed by atoms with Crippen LogP contribution in [0.1, 0.15) is 58.6 Å². The lowest BCUT2D eigenvalue weighted by atomic mass is 9.95. The van der Waals surface area contributed by atoms with Crippen molar-refractivity contribution in [3.05, 3.63) is 178 Å². The highest BCUT2D eigenvalue weighted by molar-refractivity contribution is 8.03. The highest BCUT2D eigenvalue weighted by atomic mass is 32.2. The first-order valence-corrected chi connectivity index (χ1v) is 16.4. The Balaban J connectivity index is 1.14.